The Kier molecular flexibility index (Phi) is 5.80. The minimum atomic E-state index is -0.904. The molecule has 0 bridgehead atoms. The van der Waals surface area contributed by atoms with Crippen molar-refractivity contribution in [1.29, 1.82) is 0 Å². The molecule has 2 amide bonds. The molecule has 2 aromatic heterocycles. The summed E-state index contributed by atoms with van der Waals surface area (Å²) in [6, 6.07) is 4.18. The highest BCUT2D eigenvalue weighted by Gasteiger charge is 2.45. The molecule has 1 aliphatic heterocycles. The summed E-state index contributed by atoms with van der Waals surface area (Å²) < 4.78 is 38.9. The highest BCUT2D eigenvalue weighted by atomic mass is 19.1. The van der Waals surface area contributed by atoms with Crippen molar-refractivity contribution in [3.05, 3.63) is 41.6 Å². The third-order valence-corrected chi connectivity index (χ3v) is 6.93. The summed E-state index contributed by atoms with van der Waals surface area (Å²) in [4.78, 5) is 25.1. The molecule has 35 heavy (non-hydrogen) atoms. The van der Waals surface area contributed by atoms with E-state index in [1.165, 1.54) is 18.0 Å². The third kappa shape index (κ3) is 4.28. The molecule has 0 N–H and O–H groups in total. The fourth-order valence-electron chi connectivity index (χ4n) is 4.39. The van der Waals surface area contributed by atoms with E-state index in [1.54, 1.807) is 17.0 Å². The zero-order valence-corrected chi connectivity index (χ0v) is 20.2. The maximum atomic E-state index is 15.0. The Morgan fingerprint density at radius 1 is 1.20 bits per heavy atom. The summed E-state index contributed by atoms with van der Waals surface area (Å²) in [7, 11) is 1.54. The van der Waals surface area contributed by atoms with Crippen LogP contribution in [0.3, 0.4) is 0 Å². The molecule has 186 valence electrons. The summed E-state index contributed by atoms with van der Waals surface area (Å²) in [6.45, 7) is 6.72. The first-order valence-corrected chi connectivity index (χ1v) is 11.8. The quantitative estimate of drug-likeness (QED) is 0.510. The molecule has 11 heteroatoms. The number of benzene rings is 1. The van der Waals surface area contributed by atoms with Gasteiger partial charge in [-0.05, 0) is 31.4 Å². The predicted octanol–water partition coefficient (Wildman–Crippen LogP) is 4.82. The summed E-state index contributed by atoms with van der Waals surface area (Å²) in [5.41, 5.74) is 0.0811. The molecule has 3 aromatic rings. The van der Waals surface area contributed by atoms with Gasteiger partial charge in [-0.3, -0.25) is 4.90 Å². The molecular weight excluding hydrogens is 458 g/mol. The Hall–Kier alpha value is -3.37. The molecule has 2 atom stereocenters. The maximum absolute atomic E-state index is 15.0. The topological polar surface area (TPSA) is 101 Å². The first-order valence-electron chi connectivity index (χ1n) is 11.8. The number of rotatable bonds is 5. The van der Waals surface area contributed by atoms with E-state index in [0.717, 1.165) is 0 Å². The van der Waals surface area contributed by atoms with Crippen molar-refractivity contribution in [2.45, 2.75) is 63.5 Å². The van der Waals surface area contributed by atoms with Crippen LogP contribution in [0.1, 0.15) is 69.5 Å². The number of hydrogen-bond donors (Lipinski definition) is 0. The van der Waals surface area contributed by atoms with Gasteiger partial charge in [0.15, 0.2) is 5.82 Å². The second kappa shape index (κ2) is 8.69. The molecular formula is C24H28F2N6O3. The van der Waals surface area contributed by atoms with Crippen LogP contribution in [0.25, 0.3) is 11.4 Å². The van der Waals surface area contributed by atoms with Gasteiger partial charge in [-0.2, -0.15) is 9.97 Å². The molecule has 2 fully saturated rings. The maximum Gasteiger partial charge on any atom is 0.324 e. The third-order valence-electron chi connectivity index (χ3n) is 6.93. The van der Waals surface area contributed by atoms with Crippen LogP contribution >= 0.6 is 0 Å². The van der Waals surface area contributed by atoms with Gasteiger partial charge in [-0.1, -0.05) is 37.2 Å². The number of carbonyl (C=O) groups excluding carboxylic acids is 1. The van der Waals surface area contributed by atoms with Crippen LogP contribution in [0.4, 0.5) is 19.3 Å². The van der Waals surface area contributed by atoms with Crippen molar-refractivity contribution in [3.8, 4) is 11.4 Å². The molecule has 1 saturated carbocycles. The van der Waals surface area contributed by atoms with Crippen molar-refractivity contribution >= 4 is 11.7 Å². The molecule has 1 aliphatic carbocycles. The van der Waals surface area contributed by atoms with Crippen LogP contribution in [-0.4, -0.2) is 57.5 Å². The smallest absolute Gasteiger partial charge is 0.324 e. The molecule has 3 heterocycles. The number of likely N-dealkylation sites (tertiary alicyclic amines) is 1. The van der Waals surface area contributed by atoms with Crippen LogP contribution < -0.4 is 4.90 Å². The number of urea groups is 1. The molecule has 5 rings (SSSR count). The first-order chi connectivity index (χ1) is 16.7. The average Bonchev–Trinajstić information content (AvgIpc) is 3.24. The lowest BCUT2D eigenvalue weighted by molar-refractivity contribution is 0.165. The first kappa shape index (κ1) is 23.4. The lowest BCUT2D eigenvalue weighted by Crippen LogP contribution is -2.49. The van der Waals surface area contributed by atoms with Gasteiger partial charge in [0.1, 0.15) is 12.0 Å². The number of hydrogen-bond acceptors (Lipinski definition) is 7. The van der Waals surface area contributed by atoms with Crippen LogP contribution in [0.5, 0.6) is 0 Å². The van der Waals surface area contributed by atoms with Crippen molar-refractivity contribution in [2.75, 3.05) is 25.0 Å². The van der Waals surface area contributed by atoms with Gasteiger partial charge in [0.2, 0.25) is 17.6 Å². The van der Waals surface area contributed by atoms with E-state index in [0.29, 0.717) is 55.5 Å². The monoisotopic (exact) mass is 486 g/mol. The van der Waals surface area contributed by atoms with E-state index in [-0.39, 0.29) is 29.4 Å². The number of piperidine rings is 1. The van der Waals surface area contributed by atoms with Crippen molar-refractivity contribution in [3.63, 3.8) is 0 Å². The number of carbonyl (C=O) groups is 1. The SMILES string of the molecule is CC(C)c1nc(-c2cccc(F)c2N(C)C(=O)N2CCC(C)(c3noc([C@@H]4C[C@@H]4F)n3)CC2)no1. The molecule has 0 spiro atoms. The van der Waals surface area contributed by atoms with Gasteiger partial charge in [0, 0.05) is 37.0 Å². The Labute approximate surface area is 201 Å². The fraction of sp³-hybridized carbons (Fsp3) is 0.542. The fourth-order valence-corrected chi connectivity index (χ4v) is 4.39. The molecule has 1 aromatic carbocycles. The summed E-state index contributed by atoms with van der Waals surface area (Å²) >= 11 is 0. The summed E-state index contributed by atoms with van der Waals surface area (Å²) in [6.07, 6.45) is 0.719. The van der Waals surface area contributed by atoms with Crippen molar-refractivity contribution in [1.82, 2.24) is 25.2 Å². The van der Waals surface area contributed by atoms with Crippen LogP contribution in [0.2, 0.25) is 0 Å². The van der Waals surface area contributed by atoms with Crippen LogP contribution in [0.15, 0.2) is 27.2 Å². The molecule has 1 saturated heterocycles. The van der Waals surface area contributed by atoms with Crippen LogP contribution in [-0.2, 0) is 5.41 Å². The van der Waals surface area contributed by atoms with Crippen molar-refractivity contribution in [2.24, 2.45) is 0 Å². The minimum Gasteiger partial charge on any atom is -0.339 e. The Bertz CT molecular complexity index is 1230. The van der Waals surface area contributed by atoms with E-state index in [9.17, 15) is 13.6 Å². The Morgan fingerprint density at radius 2 is 1.91 bits per heavy atom. The van der Waals surface area contributed by atoms with Gasteiger partial charge >= 0.3 is 6.03 Å². The van der Waals surface area contributed by atoms with Gasteiger partial charge < -0.3 is 13.9 Å². The number of amides is 2. The highest BCUT2D eigenvalue weighted by molar-refractivity contribution is 5.95. The second-order valence-electron chi connectivity index (χ2n) is 9.95. The zero-order valence-electron chi connectivity index (χ0n) is 20.2. The average molecular weight is 487 g/mol. The molecule has 2 aliphatic rings. The molecule has 9 nitrogen and oxygen atoms in total. The lowest BCUT2D eigenvalue weighted by atomic mass is 9.79. The van der Waals surface area contributed by atoms with E-state index in [1.807, 2.05) is 20.8 Å². The number of nitrogens with zero attached hydrogens (tertiary/aromatic N) is 6. The highest BCUT2D eigenvalue weighted by Crippen LogP contribution is 2.44. The Morgan fingerprint density at radius 3 is 2.54 bits per heavy atom. The zero-order chi connectivity index (χ0) is 24.9. The largest absolute Gasteiger partial charge is 0.339 e. The van der Waals surface area contributed by atoms with Gasteiger partial charge in [0.25, 0.3) is 0 Å². The van der Waals surface area contributed by atoms with E-state index < -0.39 is 17.4 Å². The van der Waals surface area contributed by atoms with E-state index >= 15 is 0 Å². The number of anilines is 1. The number of alkyl halides is 1. The minimum absolute atomic E-state index is 0.0215. The van der Waals surface area contributed by atoms with Gasteiger partial charge in [-0.25, -0.2) is 13.6 Å². The summed E-state index contributed by atoms with van der Waals surface area (Å²) in [5, 5.41) is 8.08. The number of aromatic nitrogens is 4. The van der Waals surface area contributed by atoms with E-state index in [2.05, 4.69) is 20.3 Å². The number of halogens is 2. The Balaban J connectivity index is 1.31. The van der Waals surface area contributed by atoms with Gasteiger partial charge in [-0.15, -0.1) is 0 Å². The van der Waals surface area contributed by atoms with E-state index in [4.69, 9.17) is 9.05 Å². The van der Waals surface area contributed by atoms with Gasteiger partial charge in [0.05, 0.1) is 11.6 Å². The standard InChI is InChI=1S/C24H28F2N6O3/c1-13(2)20-27-19(29-34-20)14-6-5-7-16(25)18(14)31(4)23(33)32-10-8-24(3,9-11-32)22-28-21(35-30-22)15-12-17(15)26/h5-7,13,15,17H,8-12H2,1-4H3/t15-,17+/m1/s1. The van der Waals surface area contributed by atoms with Crippen LogP contribution in [0, 0.1) is 5.82 Å². The normalized spacial score (nSPS) is 21.4. The lowest BCUT2D eigenvalue weighted by Gasteiger charge is -2.39. The predicted molar refractivity (Wildman–Crippen MR) is 122 cm³/mol. The molecule has 0 radical (unpaired) electrons. The second-order valence-corrected chi connectivity index (χ2v) is 9.95. The number of para-hydroxylation sites is 1. The van der Waals surface area contributed by atoms with Crippen molar-refractivity contribution < 1.29 is 22.6 Å². The summed E-state index contributed by atoms with van der Waals surface area (Å²) in [5.74, 6) is 0.736. The molecule has 0 unspecified atom stereocenters.